The van der Waals surface area contributed by atoms with E-state index in [9.17, 15) is 8.42 Å². The van der Waals surface area contributed by atoms with Crippen molar-refractivity contribution in [3.05, 3.63) is 0 Å². The fourth-order valence-electron chi connectivity index (χ4n) is 1.20. The van der Waals surface area contributed by atoms with Crippen molar-refractivity contribution in [3.8, 4) is 0 Å². The summed E-state index contributed by atoms with van der Waals surface area (Å²) in [6.45, 7) is 7.97. The zero-order valence-electron chi connectivity index (χ0n) is 12.3. The average Bonchev–Trinajstić information content (AvgIpc) is 2.28. The molecule has 0 bridgehead atoms. The van der Waals surface area contributed by atoms with Crippen molar-refractivity contribution in [1.29, 1.82) is 0 Å². The third-order valence-electron chi connectivity index (χ3n) is 2.21. The van der Waals surface area contributed by atoms with Gasteiger partial charge in [0.2, 0.25) is 0 Å². The van der Waals surface area contributed by atoms with Gasteiger partial charge in [-0.15, -0.1) is 0 Å². The van der Waals surface area contributed by atoms with Crippen molar-refractivity contribution < 1.29 is 26.3 Å². The predicted octanol–water partition coefficient (Wildman–Crippen LogP) is 2.59. The quantitative estimate of drug-likeness (QED) is 0.407. The Morgan fingerprint density at radius 1 is 0.842 bits per heavy atom. The lowest BCUT2D eigenvalue weighted by Crippen LogP contribution is -2.25. The minimum Gasteiger partial charge on any atom is -0.352 e. The van der Waals surface area contributed by atoms with E-state index in [1.165, 1.54) is 13.8 Å². The minimum absolute atomic E-state index is 0.454. The van der Waals surface area contributed by atoms with E-state index in [0.717, 1.165) is 25.7 Å². The van der Waals surface area contributed by atoms with Crippen LogP contribution < -0.4 is 0 Å². The smallest absolute Gasteiger partial charge is 0.352 e. The Morgan fingerprint density at radius 2 is 1.21 bits per heavy atom. The molecule has 0 aliphatic heterocycles. The molecule has 0 rings (SSSR count). The highest BCUT2D eigenvalue weighted by Crippen LogP contribution is 2.08. The largest absolute Gasteiger partial charge is 0.404 e. The fourth-order valence-corrected chi connectivity index (χ4v) is 2.02. The third kappa shape index (κ3) is 11.3. The van der Waals surface area contributed by atoms with Crippen LogP contribution in [0.15, 0.2) is 0 Å². The van der Waals surface area contributed by atoms with E-state index in [-0.39, 0.29) is 0 Å². The highest BCUT2D eigenvalue weighted by molar-refractivity contribution is 7.81. The maximum atomic E-state index is 11.5. The Kier molecular flexibility index (Phi) is 10.4. The van der Waals surface area contributed by atoms with Crippen LogP contribution in [0.3, 0.4) is 0 Å². The van der Waals surface area contributed by atoms with E-state index in [2.05, 4.69) is 0 Å². The topological polar surface area (TPSA) is 71.1 Å². The van der Waals surface area contributed by atoms with Crippen LogP contribution in [0.2, 0.25) is 0 Å². The second-order valence-corrected chi connectivity index (χ2v) is 5.39. The summed E-state index contributed by atoms with van der Waals surface area (Å²) in [7, 11) is -4.10. The summed E-state index contributed by atoms with van der Waals surface area (Å²) in [4.78, 5) is 0. The average molecular weight is 298 g/mol. The molecule has 0 aliphatic carbocycles. The molecular formula is C12H26O6S. The maximum absolute atomic E-state index is 11.5. The van der Waals surface area contributed by atoms with Gasteiger partial charge in [-0.3, -0.25) is 0 Å². The van der Waals surface area contributed by atoms with Gasteiger partial charge >= 0.3 is 10.4 Å². The van der Waals surface area contributed by atoms with Crippen molar-refractivity contribution >= 4 is 10.4 Å². The number of unbranched alkanes of at least 4 members (excludes halogenated alkanes) is 2. The summed E-state index contributed by atoms with van der Waals surface area (Å²) in [5, 5.41) is 0. The van der Waals surface area contributed by atoms with Crippen LogP contribution in [0.4, 0.5) is 0 Å². The Bertz CT molecular complexity index is 279. The van der Waals surface area contributed by atoms with Gasteiger partial charge in [0.1, 0.15) is 0 Å². The molecule has 0 aromatic rings. The van der Waals surface area contributed by atoms with E-state index in [4.69, 9.17) is 17.8 Å². The molecular weight excluding hydrogens is 272 g/mol. The van der Waals surface area contributed by atoms with Crippen molar-refractivity contribution in [2.75, 3.05) is 13.2 Å². The van der Waals surface area contributed by atoms with Gasteiger partial charge in [-0.1, -0.05) is 26.7 Å². The van der Waals surface area contributed by atoms with Gasteiger partial charge in [-0.05, 0) is 26.7 Å². The first kappa shape index (κ1) is 18.8. The van der Waals surface area contributed by atoms with E-state index in [1.807, 2.05) is 13.8 Å². The standard InChI is InChI=1S/C12H26O6S/c1-5-7-9-15-11(3)17-19(13,14)18-12(4)16-10-8-6-2/h11-12H,5-10H2,1-4H3. The van der Waals surface area contributed by atoms with Crippen LogP contribution >= 0.6 is 0 Å². The predicted molar refractivity (Wildman–Crippen MR) is 71.7 cm³/mol. The molecule has 19 heavy (non-hydrogen) atoms. The zero-order chi connectivity index (χ0) is 14.7. The Hall–Kier alpha value is -0.210. The number of hydrogen-bond acceptors (Lipinski definition) is 6. The van der Waals surface area contributed by atoms with E-state index in [1.54, 1.807) is 0 Å². The zero-order valence-corrected chi connectivity index (χ0v) is 13.1. The van der Waals surface area contributed by atoms with Crippen LogP contribution in [0.1, 0.15) is 53.4 Å². The van der Waals surface area contributed by atoms with Gasteiger partial charge in [0.05, 0.1) is 0 Å². The molecule has 2 atom stereocenters. The molecule has 7 heteroatoms. The molecule has 0 aromatic carbocycles. The molecule has 0 aromatic heterocycles. The summed E-state index contributed by atoms with van der Waals surface area (Å²) in [5.74, 6) is 0. The first-order chi connectivity index (χ1) is 8.91. The van der Waals surface area contributed by atoms with E-state index < -0.39 is 23.0 Å². The first-order valence-electron chi connectivity index (χ1n) is 6.76. The van der Waals surface area contributed by atoms with Crippen LogP contribution in [0.25, 0.3) is 0 Å². The first-order valence-corrected chi connectivity index (χ1v) is 8.09. The Balaban J connectivity index is 3.95. The molecule has 0 saturated heterocycles. The molecule has 0 amide bonds. The molecule has 0 spiro atoms. The summed E-state index contributed by atoms with van der Waals surface area (Å²) in [6, 6.07) is 0. The van der Waals surface area contributed by atoms with Crippen LogP contribution in [0, 0.1) is 0 Å². The van der Waals surface area contributed by atoms with Gasteiger partial charge in [0, 0.05) is 13.2 Å². The van der Waals surface area contributed by atoms with Gasteiger partial charge in [-0.25, -0.2) is 8.37 Å². The molecule has 116 valence electrons. The molecule has 0 heterocycles. The normalized spacial score (nSPS) is 15.4. The molecule has 2 unspecified atom stereocenters. The lowest BCUT2D eigenvalue weighted by molar-refractivity contribution is -0.100. The second kappa shape index (κ2) is 10.6. The number of rotatable bonds is 12. The Morgan fingerprint density at radius 3 is 1.53 bits per heavy atom. The van der Waals surface area contributed by atoms with Crippen LogP contribution in [-0.4, -0.2) is 34.2 Å². The summed E-state index contributed by atoms with van der Waals surface area (Å²) >= 11 is 0. The van der Waals surface area contributed by atoms with Gasteiger partial charge in [0.15, 0.2) is 12.6 Å². The van der Waals surface area contributed by atoms with E-state index in [0.29, 0.717) is 13.2 Å². The summed E-state index contributed by atoms with van der Waals surface area (Å²) in [5.41, 5.74) is 0. The molecule has 0 saturated carbocycles. The third-order valence-corrected chi connectivity index (χ3v) is 3.22. The monoisotopic (exact) mass is 298 g/mol. The van der Waals surface area contributed by atoms with Crippen molar-refractivity contribution in [3.63, 3.8) is 0 Å². The lowest BCUT2D eigenvalue weighted by atomic mass is 10.4. The highest BCUT2D eigenvalue weighted by atomic mass is 32.3. The maximum Gasteiger partial charge on any atom is 0.404 e. The van der Waals surface area contributed by atoms with Gasteiger partial charge in [0.25, 0.3) is 0 Å². The molecule has 0 aliphatic rings. The second-order valence-electron chi connectivity index (χ2n) is 4.18. The molecule has 6 nitrogen and oxygen atoms in total. The fraction of sp³-hybridized carbons (Fsp3) is 1.00. The van der Waals surface area contributed by atoms with Crippen molar-refractivity contribution in [2.24, 2.45) is 0 Å². The minimum atomic E-state index is -4.10. The molecule has 0 radical (unpaired) electrons. The van der Waals surface area contributed by atoms with Gasteiger partial charge in [-0.2, -0.15) is 8.42 Å². The molecule has 0 fully saturated rings. The highest BCUT2D eigenvalue weighted by Gasteiger charge is 2.21. The summed E-state index contributed by atoms with van der Waals surface area (Å²) < 4.78 is 42.8. The number of ether oxygens (including phenoxy) is 2. The van der Waals surface area contributed by atoms with Crippen LogP contribution in [0.5, 0.6) is 0 Å². The molecule has 0 N–H and O–H groups in total. The van der Waals surface area contributed by atoms with Crippen molar-refractivity contribution in [2.45, 2.75) is 66.0 Å². The SMILES string of the molecule is CCCCOC(C)OS(=O)(=O)OC(C)OCCCC. The lowest BCUT2D eigenvalue weighted by Gasteiger charge is -2.16. The van der Waals surface area contributed by atoms with Crippen LogP contribution in [-0.2, 0) is 28.2 Å². The number of hydrogen-bond donors (Lipinski definition) is 0. The Labute approximate surface area is 116 Å². The summed E-state index contributed by atoms with van der Waals surface area (Å²) in [6.07, 6.45) is 1.92. The van der Waals surface area contributed by atoms with Gasteiger partial charge < -0.3 is 9.47 Å². The van der Waals surface area contributed by atoms with Crippen molar-refractivity contribution in [1.82, 2.24) is 0 Å². The van der Waals surface area contributed by atoms with E-state index >= 15 is 0 Å².